The number of carbonyl (C=O) groups is 1. The van der Waals surface area contributed by atoms with Gasteiger partial charge in [-0.15, -0.1) is 0 Å². The van der Waals surface area contributed by atoms with Crippen LogP contribution in [0.4, 0.5) is 0 Å². The molecule has 0 spiro atoms. The summed E-state index contributed by atoms with van der Waals surface area (Å²) in [6, 6.07) is 4.90. The van der Waals surface area contributed by atoms with Crippen molar-refractivity contribution < 1.29 is 17.6 Å². The van der Waals surface area contributed by atoms with Gasteiger partial charge >= 0.3 is 0 Å². The van der Waals surface area contributed by atoms with E-state index in [1.165, 1.54) is 0 Å². The van der Waals surface area contributed by atoms with Gasteiger partial charge in [0.25, 0.3) is 5.91 Å². The number of carbonyl (C=O) groups excluding carboxylic acids is 1. The SMILES string of the molecule is CS(=O)(=O)NC1CCCN(C(=O)c2cc(-c3ccco3)[nH]n2)C1. The topological polar surface area (TPSA) is 108 Å². The van der Waals surface area contributed by atoms with Gasteiger partial charge in [-0.25, -0.2) is 13.1 Å². The number of aromatic nitrogens is 2. The van der Waals surface area contributed by atoms with Crippen molar-refractivity contribution in [1.82, 2.24) is 19.8 Å². The number of nitrogens with zero attached hydrogens (tertiary/aromatic N) is 2. The normalized spacial score (nSPS) is 19.0. The first-order valence-electron chi connectivity index (χ1n) is 7.28. The zero-order valence-corrected chi connectivity index (χ0v) is 13.5. The second-order valence-corrected chi connectivity index (χ2v) is 7.40. The molecule has 8 nitrogen and oxygen atoms in total. The maximum absolute atomic E-state index is 12.5. The summed E-state index contributed by atoms with van der Waals surface area (Å²) in [5.74, 6) is 0.380. The zero-order chi connectivity index (χ0) is 16.4. The van der Waals surface area contributed by atoms with Gasteiger partial charge in [-0.2, -0.15) is 5.10 Å². The Morgan fingerprint density at radius 1 is 1.52 bits per heavy atom. The summed E-state index contributed by atoms with van der Waals surface area (Å²) in [6.45, 7) is 0.929. The van der Waals surface area contributed by atoms with Crippen LogP contribution in [-0.4, -0.2) is 54.8 Å². The van der Waals surface area contributed by atoms with Crippen molar-refractivity contribution in [2.75, 3.05) is 19.3 Å². The lowest BCUT2D eigenvalue weighted by molar-refractivity contribution is 0.0697. The number of piperidine rings is 1. The Morgan fingerprint density at radius 2 is 2.35 bits per heavy atom. The number of aromatic amines is 1. The molecular weight excluding hydrogens is 320 g/mol. The molecule has 2 aromatic heterocycles. The molecule has 1 atom stereocenters. The first-order valence-corrected chi connectivity index (χ1v) is 9.17. The largest absolute Gasteiger partial charge is 0.463 e. The van der Waals surface area contributed by atoms with Gasteiger partial charge in [0.15, 0.2) is 11.5 Å². The Morgan fingerprint density at radius 3 is 3.04 bits per heavy atom. The van der Waals surface area contributed by atoms with Crippen molar-refractivity contribution in [3.05, 3.63) is 30.2 Å². The molecule has 1 amide bonds. The molecule has 0 radical (unpaired) electrons. The lowest BCUT2D eigenvalue weighted by Crippen LogP contribution is -2.49. The van der Waals surface area contributed by atoms with Crippen LogP contribution in [0.2, 0.25) is 0 Å². The second-order valence-electron chi connectivity index (χ2n) is 5.62. The van der Waals surface area contributed by atoms with Crippen LogP contribution in [0, 0.1) is 0 Å². The van der Waals surface area contributed by atoms with Crippen LogP contribution >= 0.6 is 0 Å². The van der Waals surface area contributed by atoms with E-state index in [0.29, 0.717) is 24.5 Å². The summed E-state index contributed by atoms with van der Waals surface area (Å²) >= 11 is 0. The van der Waals surface area contributed by atoms with E-state index in [4.69, 9.17) is 4.42 Å². The average molecular weight is 338 g/mol. The van der Waals surface area contributed by atoms with Crippen molar-refractivity contribution >= 4 is 15.9 Å². The molecule has 1 fully saturated rings. The number of amides is 1. The number of likely N-dealkylation sites (tertiary alicyclic amines) is 1. The van der Waals surface area contributed by atoms with Gasteiger partial charge in [-0.3, -0.25) is 9.89 Å². The van der Waals surface area contributed by atoms with Crippen molar-refractivity contribution in [3.8, 4) is 11.5 Å². The molecule has 0 aromatic carbocycles. The molecule has 0 saturated carbocycles. The molecule has 2 N–H and O–H groups in total. The van der Waals surface area contributed by atoms with Crippen LogP contribution in [-0.2, 0) is 10.0 Å². The highest BCUT2D eigenvalue weighted by Crippen LogP contribution is 2.20. The Bertz CT molecular complexity index is 782. The molecule has 1 unspecified atom stereocenters. The second kappa shape index (κ2) is 6.17. The van der Waals surface area contributed by atoms with Crippen LogP contribution in [0.1, 0.15) is 23.3 Å². The smallest absolute Gasteiger partial charge is 0.274 e. The third-order valence-electron chi connectivity index (χ3n) is 3.67. The van der Waals surface area contributed by atoms with E-state index in [0.717, 1.165) is 19.1 Å². The number of furan rings is 1. The maximum atomic E-state index is 12.5. The highest BCUT2D eigenvalue weighted by atomic mass is 32.2. The fraction of sp³-hybridized carbons (Fsp3) is 0.429. The monoisotopic (exact) mass is 338 g/mol. The standard InChI is InChI=1S/C14H18N4O4S/c1-23(20,21)17-10-4-2-6-18(9-10)14(19)12-8-11(15-16-12)13-5-3-7-22-13/h3,5,7-8,10,17H,2,4,6,9H2,1H3,(H,15,16). The summed E-state index contributed by atoms with van der Waals surface area (Å²) in [5.41, 5.74) is 0.914. The van der Waals surface area contributed by atoms with Crippen LogP contribution in [0.5, 0.6) is 0 Å². The number of hydrogen-bond donors (Lipinski definition) is 2. The van der Waals surface area contributed by atoms with Crippen LogP contribution in [0.3, 0.4) is 0 Å². The molecular formula is C14H18N4O4S. The Labute approximate surface area is 133 Å². The van der Waals surface area contributed by atoms with Crippen LogP contribution < -0.4 is 4.72 Å². The summed E-state index contributed by atoms with van der Waals surface area (Å²) in [5, 5.41) is 6.81. The number of rotatable bonds is 4. The lowest BCUT2D eigenvalue weighted by Gasteiger charge is -2.32. The molecule has 1 aliphatic heterocycles. The van der Waals surface area contributed by atoms with Crippen molar-refractivity contribution in [2.24, 2.45) is 0 Å². The first-order chi connectivity index (χ1) is 10.9. The molecule has 3 heterocycles. The van der Waals surface area contributed by atoms with Gasteiger partial charge in [-0.1, -0.05) is 0 Å². The maximum Gasteiger partial charge on any atom is 0.274 e. The van der Waals surface area contributed by atoms with Gasteiger partial charge in [0.1, 0.15) is 5.69 Å². The Balaban J connectivity index is 1.70. The number of sulfonamides is 1. The van der Waals surface area contributed by atoms with E-state index in [2.05, 4.69) is 14.9 Å². The third kappa shape index (κ3) is 3.80. The summed E-state index contributed by atoms with van der Waals surface area (Å²) < 4.78 is 30.5. The molecule has 2 aromatic rings. The van der Waals surface area contributed by atoms with Crippen LogP contribution in [0.25, 0.3) is 11.5 Å². The molecule has 0 aliphatic carbocycles. The van der Waals surface area contributed by atoms with Gasteiger partial charge in [0, 0.05) is 25.2 Å². The summed E-state index contributed by atoms with van der Waals surface area (Å²) in [7, 11) is -3.29. The minimum atomic E-state index is -3.29. The molecule has 3 rings (SSSR count). The highest BCUT2D eigenvalue weighted by Gasteiger charge is 2.27. The Hall–Kier alpha value is -2.13. The highest BCUT2D eigenvalue weighted by molar-refractivity contribution is 7.88. The molecule has 0 bridgehead atoms. The van der Waals surface area contributed by atoms with E-state index in [1.807, 2.05) is 0 Å². The minimum absolute atomic E-state index is 0.223. The van der Waals surface area contributed by atoms with Crippen molar-refractivity contribution in [2.45, 2.75) is 18.9 Å². The Kier molecular flexibility index (Phi) is 4.22. The minimum Gasteiger partial charge on any atom is -0.463 e. The number of hydrogen-bond acceptors (Lipinski definition) is 5. The predicted molar refractivity (Wildman–Crippen MR) is 83.2 cm³/mol. The van der Waals surface area contributed by atoms with E-state index >= 15 is 0 Å². The van der Waals surface area contributed by atoms with Gasteiger partial charge < -0.3 is 9.32 Å². The molecule has 1 aliphatic rings. The quantitative estimate of drug-likeness (QED) is 0.858. The van der Waals surface area contributed by atoms with E-state index in [-0.39, 0.29) is 17.6 Å². The molecule has 9 heteroatoms. The van der Waals surface area contributed by atoms with Gasteiger partial charge in [0.05, 0.1) is 12.5 Å². The predicted octanol–water partition coefficient (Wildman–Crippen LogP) is 0.823. The van der Waals surface area contributed by atoms with E-state index in [9.17, 15) is 13.2 Å². The molecule has 1 saturated heterocycles. The fourth-order valence-electron chi connectivity index (χ4n) is 2.71. The summed E-state index contributed by atoms with van der Waals surface area (Å²) in [4.78, 5) is 14.1. The van der Waals surface area contributed by atoms with Crippen molar-refractivity contribution in [3.63, 3.8) is 0 Å². The molecule has 124 valence electrons. The number of H-pyrrole nitrogens is 1. The molecule has 23 heavy (non-hydrogen) atoms. The van der Waals surface area contributed by atoms with E-state index < -0.39 is 10.0 Å². The lowest BCUT2D eigenvalue weighted by atomic mass is 10.1. The zero-order valence-electron chi connectivity index (χ0n) is 12.7. The average Bonchev–Trinajstić information content (AvgIpc) is 3.16. The van der Waals surface area contributed by atoms with Gasteiger partial charge in [-0.05, 0) is 25.0 Å². The first kappa shape index (κ1) is 15.8. The third-order valence-corrected chi connectivity index (χ3v) is 4.43. The van der Waals surface area contributed by atoms with Gasteiger partial charge in [0.2, 0.25) is 10.0 Å². The summed E-state index contributed by atoms with van der Waals surface area (Å²) in [6.07, 6.45) is 4.13. The number of nitrogens with one attached hydrogen (secondary N) is 2. The van der Waals surface area contributed by atoms with E-state index in [1.54, 1.807) is 29.4 Å². The van der Waals surface area contributed by atoms with Crippen LogP contribution in [0.15, 0.2) is 28.9 Å². The fourth-order valence-corrected chi connectivity index (χ4v) is 3.51. The van der Waals surface area contributed by atoms with Crippen molar-refractivity contribution in [1.29, 1.82) is 0 Å².